The van der Waals surface area contributed by atoms with E-state index in [-0.39, 0.29) is 12.4 Å². The summed E-state index contributed by atoms with van der Waals surface area (Å²) in [4.78, 5) is 11.8. The second kappa shape index (κ2) is 6.60. The zero-order valence-corrected chi connectivity index (χ0v) is 11.6. The number of hydrogen-bond acceptors (Lipinski definition) is 2. The van der Waals surface area contributed by atoms with E-state index in [1.807, 2.05) is 12.1 Å². The van der Waals surface area contributed by atoms with Gasteiger partial charge in [0, 0.05) is 16.5 Å². The minimum Gasteiger partial charge on any atom is -0.486 e. The van der Waals surface area contributed by atoms with E-state index in [2.05, 4.69) is 0 Å². The summed E-state index contributed by atoms with van der Waals surface area (Å²) in [6.45, 7) is 0.0459. The molecule has 0 spiro atoms. The predicted molar refractivity (Wildman–Crippen MR) is 77.1 cm³/mol. The van der Waals surface area contributed by atoms with Crippen molar-refractivity contribution in [2.24, 2.45) is 0 Å². The van der Waals surface area contributed by atoms with Gasteiger partial charge in [0.25, 0.3) is 0 Å². The van der Waals surface area contributed by atoms with Gasteiger partial charge in [-0.2, -0.15) is 0 Å². The van der Waals surface area contributed by atoms with E-state index in [1.54, 1.807) is 36.4 Å². The van der Waals surface area contributed by atoms with Crippen LogP contribution in [-0.2, 0) is 11.2 Å². The van der Waals surface area contributed by atoms with E-state index < -0.39 is 0 Å². The number of halogens is 2. The summed E-state index contributed by atoms with van der Waals surface area (Å²) >= 11 is 11.5. The van der Waals surface area contributed by atoms with Gasteiger partial charge in [-0.05, 0) is 42.0 Å². The molecule has 0 aliphatic rings. The Hall–Kier alpha value is -1.51. The zero-order chi connectivity index (χ0) is 13.7. The van der Waals surface area contributed by atoms with Gasteiger partial charge in [-0.1, -0.05) is 35.3 Å². The van der Waals surface area contributed by atoms with Crippen LogP contribution < -0.4 is 4.74 Å². The molecule has 0 aromatic heterocycles. The van der Waals surface area contributed by atoms with Crippen LogP contribution in [0.5, 0.6) is 5.75 Å². The molecule has 0 atom stereocenters. The van der Waals surface area contributed by atoms with Crippen molar-refractivity contribution < 1.29 is 9.53 Å². The van der Waals surface area contributed by atoms with Crippen LogP contribution in [0.2, 0.25) is 10.0 Å². The van der Waals surface area contributed by atoms with Gasteiger partial charge in [0.05, 0.1) is 0 Å². The Morgan fingerprint density at radius 2 is 1.42 bits per heavy atom. The highest BCUT2D eigenvalue weighted by Crippen LogP contribution is 2.15. The van der Waals surface area contributed by atoms with E-state index in [1.165, 1.54) is 0 Å². The topological polar surface area (TPSA) is 26.3 Å². The number of hydrogen-bond donors (Lipinski definition) is 0. The lowest BCUT2D eigenvalue weighted by molar-refractivity contribution is -0.120. The lowest BCUT2D eigenvalue weighted by Crippen LogP contribution is -2.13. The van der Waals surface area contributed by atoms with Gasteiger partial charge < -0.3 is 4.74 Å². The van der Waals surface area contributed by atoms with Gasteiger partial charge >= 0.3 is 0 Å². The van der Waals surface area contributed by atoms with E-state index in [0.29, 0.717) is 22.2 Å². The highest BCUT2D eigenvalue weighted by Gasteiger charge is 2.05. The number of ketones is 1. The third kappa shape index (κ3) is 4.58. The highest BCUT2D eigenvalue weighted by molar-refractivity contribution is 6.30. The molecule has 0 unspecified atom stereocenters. The molecule has 2 rings (SSSR count). The largest absolute Gasteiger partial charge is 0.486 e. The molecule has 2 nitrogen and oxygen atoms in total. The molecule has 0 aliphatic heterocycles. The molecule has 0 N–H and O–H groups in total. The minimum atomic E-state index is 0.0114. The Morgan fingerprint density at radius 3 is 2.00 bits per heavy atom. The second-order valence-electron chi connectivity index (χ2n) is 4.08. The molecular weight excluding hydrogens is 283 g/mol. The zero-order valence-electron chi connectivity index (χ0n) is 10.1. The monoisotopic (exact) mass is 294 g/mol. The molecule has 4 heteroatoms. The molecule has 0 radical (unpaired) electrons. The van der Waals surface area contributed by atoms with E-state index in [0.717, 1.165) is 5.56 Å². The Balaban J connectivity index is 1.84. The predicted octanol–water partition coefficient (Wildman–Crippen LogP) is 4.18. The highest BCUT2D eigenvalue weighted by atomic mass is 35.5. The van der Waals surface area contributed by atoms with Gasteiger partial charge in [0.1, 0.15) is 12.4 Å². The fourth-order valence-corrected chi connectivity index (χ4v) is 1.83. The van der Waals surface area contributed by atoms with Gasteiger partial charge in [-0.25, -0.2) is 0 Å². The standard InChI is InChI=1S/C15H12Cl2O2/c16-12-3-1-11(2-4-12)9-14(18)10-19-15-7-5-13(17)6-8-15/h1-8H,9-10H2. The molecule has 0 fully saturated rings. The van der Waals surface area contributed by atoms with Crippen molar-refractivity contribution in [3.05, 3.63) is 64.1 Å². The summed E-state index contributed by atoms with van der Waals surface area (Å²) in [6, 6.07) is 14.1. The Morgan fingerprint density at radius 1 is 0.895 bits per heavy atom. The summed E-state index contributed by atoms with van der Waals surface area (Å²) in [6.07, 6.45) is 0.338. The van der Waals surface area contributed by atoms with Gasteiger partial charge in [-0.3, -0.25) is 4.79 Å². The fourth-order valence-electron chi connectivity index (χ4n) is 1.58. The first-order valence-corrected chi connectivity index (χ1v) is 6.53. The van der Waals surface area contributed by atoms with E-state index in [9.17, 15) is 4.79 Å². The smallest absolute Gasteiger partial charge is 0.174 e. The lowest BCUT2D eigenvalue weighted by Gasteiger charge is -2.05. The second-order valence-corrected chi connectivity index (χ2v) is 4.96. The summed E-state index contributed by atoms with van der Waals surface area (Å²) in [7, 11) is 0. The Bertz CT molecular complexity index is 547. The van der Waals surface area contributed by atoms with E-state index >= 15 is 0 Å². The van der Waals surface area contributed by atoms with Crippen LogP contribution in [0.15, 0.2) is 48.5 Å². The number of carbonyl (C=O) groups is 1. The van der Waals surface area contributed by atoms with Crippen LogP contribution in [0.25, 0.3) is 0 Å². The number of carbonyl (C=O) groups excluding carboxylic acids is 1. The maximum absolute atomic E-state index is 11.8. The number of Topliss-reactive ketones (excluding diaryl/α,β-unsaturated/α-hetero) is 1. The Kier molecular flexibility index (Phi) is 4.83. The molecule has 0 amide bonds. The van der Waals surface area contributed by atoms with Gasteiger partial charge in [0.15, 0.2) is 5.78 Å². The molecule has 0 saturated heterocycles. The van der Waals surface area contributed by atoms with Crippen molar-refractivity contribution in [3.63, 3.8) is 0 Å². The first kappa shape index (κ1) is 13.9. The molecule has 0 bridgehead atoms. The van der Waals surface area contributed by atoms with Crippen molar-refractivity contribution in [1.29, 1.82) is 0 Å². The van der Waals surface area contributed by atoms with Crippen LogP contribution >= 0.6 is 23.2 Å². The minimum absolute atomic E-state index is 0.0114. The summed E-state index contributed by atoms with van der Waals surface area (Å²) in [5, 5.41) is 1.30. The normalized spacial score (nSPS) is 10.2. The average molecular weight is 295 g/mol. The van der Waals surface area contributed by atoms with Crippen molar-refractivity contribution in [3.8, 4) is 5.75 Å². The van der Waals surface area contributed by atoms with Crippen molar-refractivity contribution in [2.45, 2.75) is 6.42 Å². The number of rotatable bonds is 5. The van der Waals surface area contributed by atoms with Crippen molar-refractivity contribution in [2.75, 3.05) is 6.61 Å². The average Bonchev–Trinajstić information content (AvgIpc) is 2.41. The van der Waals surface area contributed by atoms with Crippen LogP contribution in [0, 0.1) is 0 Å². The molecule has 2 aromatic carbocycles. The maximum Gasteiger partial charge on any atom is 0.174 e. The number of benzene rings is 2. The maximum atomic E-state index is 11.8. The van der Waals surface area contributed by atoms with Crippen LogP contribution in [0.4, 0.5) is 0 Å². The van der Waals surface area contributed by atoms with Crippen molar-refractivity contribution >= 4 is 29.0 Å². The number of ether oxygens (including phenoxy) is 1. The molecule has 0 heterocycles. The van der Waals surface area contributed by atoms with Crippen molar-refractivity contribution in [1.82, 2.24) is 0 Å². The quantitative estimate of drug-likeness (QED) is 0.827. The summed E-state index contributed by atoms with van der Waals surface area (Å²) in [5.74, 6) is 0.645. The summed E-state index contributed by atoms with van der Waals surface area (Å²) in [5.41, 5.74) is 0.925. The third-order valence-electron chi connectivity index (χ3n) is 2.53. The summed E-state index contributed by atoms with van der Waals surface area (Å²) < 4.78 is 5.38. The lowest BCUT2D eigenvalue weighted by atomic mass is 10.1. The Labute approximate surface area is 121 Å². The SMILES string of the molecule is O=C(COc1ccc(Cl)cc1)Cc1ccc(Cl)cc1. The molecule has 19 heavy (non-hydrogen) atoms. The molecular formula is C15H12Cl2O2. The fraction of sp³-hybridized carbons (Fsp3) is 0.133. The third-order valence-corrected chi connectivity index (χ3v) is 3.03. The molecule has 98 valence electrons. The molecule has 0 aliphatic carbocycles. The van der Waals surface area contributed by atoms with E-state index in [4.69, 9.17) is 27.9 Å². The first-order chi connectivity index (χ1) is 9.13. The van der Waals surface area contributed by atoms with Crippen LogP contribution in [0.3, 0.4) is 0 Å². The molecule has 0 saturated carbocycles. The van der Waals surface area contributed by atoms with Crippen LogP contribution in [-0.4, -0.2) is 12.4 Å². The molecule has 2 aromatic rings. The first-order valence-electron chi connectivity index (χ1n) is 5.78. The van der Waals surface area contributed by atoms with Crippen LogP contribution in [0.1, 0.15) is 5.56 Å². The van der Waals surface area contributed by atoms with Gasteiger partial charge in [-0.15, -0.1) is 0 Å². The van der Waals surface area contributed by atoms with Gasteiger partial charge in [0.2, 0.25) is 0 Å².